The Balaban J connectivity index is 1.37. The number of hydrogen-bond acceptors (Lipinski definition) is 5. The molecule has 2 saturated heterocycles. The van der Waals surface area contributed by atoms with E-state index in [-0.39, 0.29) is 24.2 Å². The SMILES string of the molecule is O=C([C@H]1CC(=O)N(c2cccc(Cl)c2)C1)N1CCN(c2cnccn2)CC1. The van der Waals surface area contributed by atoms with Crippen LogP contribution < -0.4 is 9.80 Å². The minimum Gasteiger partial charge on any atom is -0.352 e. The quantitative estimate of drug-likeness (QED) is 0.806. The van der Waals surface area contributed by atoms with Crippen molar-refractivity contribution in [2.45, 2.75) is 6.42 Å². The molecule has 0 N–H and O–H groups in total. The van der Waals surface area contributed by atoms with Gasteiger partial charge in [-0.15, -0.1) is 0 Å². The normalized spacial score (nSPS) is 20.3. The van der Waals surface area contributed by atoms with Crippen LogP contribution in [0.1, 0.15) is 6.42 Å². The maximum atomic E-state index is 12.9. The van der Waals surface area contributed by atoms with Gasteiger partial charge in [0.1, 0.15) is 5.82 Å². The second-order valence-corrected chi connectivity index (χ2v) is 7.20. The highest BCUT2D eigenvalue weighted by Crippen LogP contribution is 2.28. The van der Waals surface area contributed by atoms with E-state index in [0.29, 0.717) is 37.7 Å². The van der Waals surface area contributed by atoms with Crippen LogP contribution in [0.15, 0.2) is 42.9 Å². The Morgan fingerprint density at radius 3 is 2.67 bits per heavy atom. The molecule has 1 aromatic heterocycles. The highest BCUT2D eigenvalue weighted by Gasteiger charge is 2.38. The predicted molar refractivity (Wildman–Crippen MR) is 103 cm³/mol. The number of halogens is 1. The van der Waals surface area contributed by atoms with Crippen molar-refractivity contribution in [1.82, 2.24) is 14.9 Å². The van der Waals surface area contributed by atoms with Gasteiger partial charge in [0, 0.05) is 62.2 Å². The number of aromatic nitrogens is 2. The molecule has 2 aliphatic heterocycles. The summed E-state index contributed by atoms with van der Waals surface area (Å²) in [7, 11) is 0. The van der Waals surface area contributed by atoms with Crippen molar-refractivity contribution in [3.05, 3.63) is 47.9 Å². The molecule has 0 aliphatic carbocycles. The van der Waals surface area contributed by atoms with E-state index >= 15 is 0 Å². The van der Waals surface area contributed by atoms with E-state index in [2.05, 4.69) is 14.9 Å². The molecule has 140 valence electrons. The van der Waals surface area contributed by atoms with E-state index < -0.39 is 0 Å². The molecule has 2 aromatic rings. The minimum atomic E-state index is -0.306. The Hall–Kier alpha value is -2.67. The van der Waals surface area contributed by atoms with Crippen LogP contribution in [0.4, 0.5) is 11.5 Å². The average molecular weight is 386 g/mol. The van der Waals surface area contributed by atoms with Crippen LogP contribution in [0, 0.1) is 5.92 Å². The Kier molecular flexibility index (Phi) is 4.94. The van der Waals surface area contributed by atoms with Crippen LogP contribution in [-0.4, -0.2) is 59.4 Å². The van der Waals surface area contributed by atoms with Gasteiger partial charge >= 0.3 is 0 Å². The molecular formula is C19H20ClN5O2. The number of hydrogen-bond donors (Lipinski definition) is 0. The molecule has 4 rings (SSSR count). The third-order valence-corrected chi connectivity index (χ3v) is 5.29. The number of rotatable bonds is 3. The third-order valence-electron chi connectivity index (χ3n) is 5.06. The third kappa shape index (κ3) is 3.73. The fourth-order valence-electron chi connectivity index (χ4n) is 3.64. The summed E-state index contributed by atoms with van der Waals surface area (Å²) in [5.74, 6) is 0.535. The molecule has 0 spiro atoms. The highest BCUT2D eigenvalue weighted by molar-refractivity contribution is 6.31. The standard InChI is InChI=1S/C19H20ClN5O2/c20-15-2-1-3-16(11-15)25-13-14(10-18(25)26)19(27)24-8-6-23(7-9-24)17-12-21-4-5-22-17/h1-5,11-12,14H,6-10,13H2/t14-/m0/s1. The number of anilines is 2. The van der Waals surface area contributed by atoms with Gasteiger partial charge in [-0.1, -0.05) is 17.7 Å². The molecule has 1 aromatic carbocycles. The number of carbonyl (C=O) groups excluding carboxylic acids is 2. The van der Waals surface area contributed by atoms with Crippen molar-refractivity contribution in [1.29, 1.82) is 0 Å². The molecule has 27 heavy (non-hydrogen) atoms. The van der Waals surface area contributed by atoms with Crippen molar-refractivity contribution < 1.29 is 9.59 Å². The molecular weight excluding hydrogens is 366 g/mol. The predicted octanol–water partition coefficient (Wildman–Crippen LogP) is 1.83. The summed E-state index contributed by atoms with van der Waals surface area (Å²) in [6.07, 6.45) is 5.29. The Morgan fingerprint density at radius 2 is 1.96 bits per heavy atom. The van der Waals surface area contributed by atoms with E-state index in [1.165, 1.54) is 0 Å². The van der Waals surface area contributed by atoms with Crippen molar-refractivity contribution in [3.8, 4) is 0 Å². The lowest BCUT2D eigenvalue weighted by molar-refractivity contribution is -0.136. The van der Waals surface area contributed by atoms with Crippen LogP contribution >= 0.6 is 11.6 Å². The number of benzene rings is 1. The number of nitrogens with zero attached hydrogens (tertiary/aromatic N) is 5. The van der Waals surface area contributed by atoms with Crippen LogP contribution in [0.2, 0.25) is 5.02 Å². The zero-order valence-electron chi connectivity index (χ0n) is 14.8. The molecule has 2 amide bonds. The van der Waals surface area contributed by atoms with Gasteiger partial charge in [0.25, 0.3) is 0 Å². The van der Waals surface area contributed by atoms with Gasteiger partial charge in [0.05, 0.1) is 12.1 Å². The topological polar surface area (TPSA) is 69.6 Å². The van der Waals surface area contributed by atoms with E-state index in [9.17, 15) is 9.59 Å². The smallest absolute Gasteiger partial charge is 0.228 e. The van der Waals surface area contributed by atoms with Crippen molar-refractivity contribution in [2.75, 3.05) is 42.5 Å². The first-order chi connectivity index (χ1) is 13.1. The first-order valence-corrected chi connectivity index (χ1v) is 9.35. The molecule has 8 heteroatoms. The van der Waals surface area contributed by atoms with E-state index in [1.54, 1.807) is 35.6 Å². The Bertz CT molecular complexity index is 839. The highest BCUT2D eigenvalue weighted by atomic mass is 35.5. The number of piperazine rings is 1. The monoisotopic (exact) mass is 385 g/mol. The van der Waals surface area contributed by atoms with Gasteiger partial charge in [-0.05, 0) is 18.2 Å². The van der Waals surface area contributed by atoms with Gasteiger partial charge in [-0.3, -0.25) is 14.6 Å². The molecule has 1 atom stereocenters. The van der Waals surface area contributed by atoms with Crippen LogP contribution in [0.3, 0.4) is 0 Å². The number of amides is 2. The Labute approximate surface area is 162 Å². The van der Waals surface area contributed by atoms with E-state index in [4.69, 9.17) is 11.6 Å². The van der Waals surface area contributed by atoms with E-state index in [0.717, 1.165) is 11.5 Å². The van der Waals surface area contributed by atoms with Crippen molar-refractivity contribution >= 4 is 34.9 Å². The van der Waals surface area contributed by atoms with Gasteiger partial charge < -0.3 is 14.7 Å². The molecule has 2 fully saturated rings. The maximum absolute atomic E-state index is 12.9. The largest absolute Gasteiger partial charge is 0.352 e. The first-order valence-electron chi connectivity index (χ1n) is 8.97. The summed E-state index contributed by atoms with van der Waals surface area (Å²) in [5, 5.41) is 0.579. The molecule has 2 aliphatic rings. The zero-order chi connectivity index (χ0) is 18.8. The maximum Gasteiger partial charge on any atom is 0.228 e. The summed E-state index contributed by atoms with van der Waals surface area (Å²) in [4.78, 5) is 39.3. The molecule has 0 saturated carbocycles. The Morgan fingerprint density at radius 1 is 1.15 bits per heavy atom. The zero-order valence-corrected chi connectivity index (χ0v) is 15.5. The van der Waals surface area contributed by atoms with Gasteiger partial charge in [-0.2, -0.15) is 0 Å². The fourth-order valence-corrected chi connectivity index (χ4v) is 3.82. The number of carbonyl (C=O) groups is 2. The first kappa shape index (κ1) is 17.7. The molecule has 3 heterocycles. The van der Waals surface area contributed by atoms with Gasteiger partial charge in [0.15, 0.2) is 0 Å². The lowest BCUT2D eigenvalue weighted by Gasteiger charge is -2.36. The molecule has 0 bridgehead atoms. The van der Waals surface area contributed by atoms with Crippen LogP contribution in [0.5, 0.6) is 0 Å². The van der Waals surface area contributed by atoms with Gasteiger partial charge in [0.2, 0.25) is 11.8 Å². The van der Waals surface area contributed by atoms with Crippen molar-refractivity contribution in [3.63, 3.8) is 0 Å². The summed E-state index contributed by atoms with van der Waals surface area (Å²) < 4.78 is 0. The lowest BCUT2D eigenvalue weighted by Crippen LogP contribution is -2.51. The van der Waals surface area contributed by atoms with Crippen LogP contribution in [-0.2, 0) is 9.59 Å². The average Bonchev–Trinajstić information content (AvgIpc) is 3.10. The van der Waals surface area contributed by atoms with Crippen molar-refractivity contribution in [2.24, 2.45) is 5.92 Å². The minimum absolute atomic E-state index is 0.0335. The summed E-state index contributed by atoms with van der Waals surface area (Å²) in [6, 6.07) is 7.18. The van der Waals surface area contributed by atoms with E-state index in [1.807, 2.05) is 17.0 Å². The molecule has 0 unspecified atom stereocenters. The summed E-state index contributed by atoms with van der Waals surface area (Å²) in [5.41, 5.74) is 0.746. The summed E-state index contributed by atoms with van der Waals surface area (Å²) >= 11 is 6.03. The summed E-state index contributed by atoms with van der Waals surface area (Å²) in [6.45, 7) is 3.07. The second kappa shape index (κ2) is 7.52. The van der Waals surface area contributed by atoms with Gasteiger partial charge in [-0.25, -0.2) is 4.98 Å². The lowest BCUT2D eigenvalue weighted by atomic mass is 10.1. The van der Waals surface area contributed by atoms with Crippen LogP contribution in [0.25, 0.3) is 0 Å². The molecule has 0 radical (unpaired) electrons. The fraction of sp³-hybridized carbons (Fsp3) is 0.368. The molecule has 7 nitrogen and oxygen atoms in total. The second-order valence-electron chi connectivity index (χ2n) is 6.76.